The second kappa shape index (κ2) is 16.0. The van der Waals surface area contributed by atoms with Crippen LogP contribution < -0.4 is 45.3 Å². The Balaban J connectivity index is 0.000000584. The number of nitrogens with zero attached hydrogens (tertiary/aromatic N) is 1. The molecule has 32 heavy (non-hydrogen) atoms. The van der Waals surface area contributed by atoms with Crippen molar-refractivity contribution < 1.29 is 44.3 Å². The first-order valence-corrected chi connectivity index (χ1v) is 12.9. The molecular formula is C25H40N2NaO3P. The fourth-order valence-corrected chi connectivity index (χ4v) is 5.39. The summed E-state index contributed by atoms with van der Waals surface area (Å²) in [4.78, 5) is 27.1. The van der Waals surface area contributed by atoms with Gasteiger partial charge in [0.2, 0.25) is 5.91 Å². The number of amidine groups is 1. The molecule has 0 fully saturated rings. The largest absolute Gasteiger partial charge is 1.00 e. The van der Waals surface area contributed by atoms with Gasteiger partial charge in [-0.25, -0.2) is 4.99 Å². The first-order valence-electron chi connectivity index (χ1n) is 11.7. The molecule has 1 aliphatic heterocycles. The van der Waals surface area contributed by atoms with Crippen LogP contribution in [0.4, 0.5) is 0 Å². The van der Waals surface area contributed by atoms with E-state index in [1.807, 2.05) is 13.8 Å². The number of aliphatic imine (C=N–C) groups is 1. The van der Waals surface area contributed by atoms with Crippen LogP contribution in [0.1, 0.15) is 83.8 Å². The SMILES string of the molecule is CCCC(C)C1(CC)C(=O)N=C([O-])NC1=O.CCCCCCPc1cccc(C)c1C.[Na+]. The van der Waals surface area contributed by atoms with E-state index >= 15 is 0 Å². The Hall–Kier alpha value is -0.740. The van der Waals surface area contributed by atoms with Crippen LogP contribution in [-0.2, 0) is 9.59 Å². The van der Waals surface area contributed by atoms with Crippen molar-refractivity contribution in [3.05, 3.63) is 29.3 Å². The number of amides is 2. The van der Waals surface area contributed by atoms with Crippen LogP contribution in [0.3, 0.4) is 0 Å². The Morgan fingerprint density at radius 3 is 2.34 bits per heavy atom. The third-order valence-electron chi connectivity index (χ3n) is 6.28. The van der Waals surface area contributed by atoms with E-state index in [0.717, 1.165) is 21.4 Å². The molecule has 2 rings (SSSR count). The number of rotatable bonds is 10. The second-order valence-corrected chi connectivity index (χ2v) is 9.82. The smallest absolute Gasteiger partial charge is 0.846 e. The van der Waals surface area contributed by atoms with Crippen molar-refractivity contribution in [3.8, 4) is 0 Å². The minimum absolute atomic E-state index is 0. The monoisotopic (exact) mass is 470 g/mol. The van der Waals surface area contributed by atoms with E-state index in [2.05, 4.69) is 49.3 Å². The standard InChI is InChI=1S/C14H23P.C11H18N2O3.Na/c1-4-5-6-7-11-15-14-10-8-9-12(2)13(14)3;1-4-6-7(3)11(5-2)8(14)12-10(16)13-9(11)15;/h8-10,15H,4-7,11H2,1-3H3;7H,4-6H2,1-3H3,(H2,12,13,14,15,16);/q;;+1/p-1. The zero-order valence-electron chi connectivity index (χ0n) is 21.1. The van der Waals surface area contributed by atoms with Gasteiger partial charge in [-0.2, -0.15) is 0 Å². The van der Waals surface area contributed by atoms with Gasteiger partial charge in [-0.3, -0.25) is 9.59 Å². The molecule has 0 radical (unpaired) electrons. The maximum atomic E-state index is 11.9. The summed E-state index contributed by atoms with van der Waals surface area (Å²) >= 11 is 0. The maximum Gasteiger partial charge on any atom is 1.00 e. The zero-order valence-corrected chi connectivity index (χ0v) is 24.1. The van der Waals surface area contributed by atoms with Gasteiger partial charge in [0.05, 0.1) is 6.02 Å². The quantitative estimate of drug-likeness (QED) is 0.243. The average molecular weight is 471 g/mol. The third-order valence-corrected chi connectivity index (χ3v) is 7.81. The normalized spacial score (nSPS) is 19.0. The van der Waals surface area contributed by atoms with Gasteiger partial charge in [-0.15, -0.1) is 0 Å². The average Bonchev–Trinajstić information content (AvgIpc) is 2.71. The number of carbonyl (C=O) groups is 2. The summed E-state index contributed by atoms with van der Waals surface area (Å²) in [5, 5.41) is 14.6. The van der Waals surface area contributed by atoms with E-state index in [1.54, 1.807) is 12.2 Å². The van der Waals surface area contributed by atoms with Gasteiger partial charge in [-0.1, -0.05) is 80.2 Å². The predicted molar refractivity (Wildman–Crippen MR) is 130 cm³/mol. The summed E-state index contributed by atoms with van der Waals surface area (Å²) in [5.74, 6) is -1.20. The van der Waals surface area contributed by atoms with Gasteiger partial charge < -0.3 is 10.4 Å². The summed E-state index contributed by atoms with van der Waals surface area (Å²) in [6.07, 6.45) is 8.95. The van der Waals surface area contributed by atoms with E-state index in [1.165, 1.54) is 43.0 Å². The molecular weight excluding hydrogens is 430 g/mol. The first-order chi connectivity index (χ1) is 14.7. The fraction of sp³-hybridized carbons (Fsp3) is 0.640. The number of unbranched alkanes of at least 4 members (excludes halogenated alkanes) is 3. The Morgan fingerprint density at radius 1 is 1.09 bits per heavy atom. The topological polar surface area (TPSA) is 81.6 Å². The first kappa shape index (κ1) is 31.3. The summed E-state index contributed by atoms with van der Waals surface area (Å²) in [5.41, 5.74) is 1.80. The van der Waals surface area contributed by atoms with Gasteiger partial charge in [-0.05, 0) is 61.6 Å². The van der Waals surface area contributed by atoms with Crippen molar-refractivity contribution in [2.45, 2.75) is 86.5 Å². The van der Waals surface area contributed by atoms with E-state index in [0.29, 0.717) is 6.42 Å². The molecule has 7 heteroatoms. The second-order valence-electron chi connectivity index (χ2n) is 8.43. The number of hydrogen-bond donors (Lipinski definition) is 1. The molecule has 2 amide bonds. The van der Waals surface area contributed by atoms with E-state index in [4.69, 9.17) is 0 Å². The zero-order chi connectivity index (χ0) is 23.4. The molecule has 0 saturated carbocycles. The number of aryl methyl sites for hydroxylation is 1. The minimum atomic E-state index is -1.15. The molecule has 0 aliphatic carbocycles. The van der Waals surface area contributed by atoms with Crippen LogP contribution in [0.15, 0.2) is 23.2 Å². The Morgan fingerprint density at radius 2 is 1.78 bits per heavy atom. The Bertz CT molecular complexity index is 770. The molecule has 1 heterocycles. The Labute approximate surface area is 218 Å². The molecule has 0 saturated heterocycles. The van der Waals surface area contributed by atoms with Gasteiger partial charge >= 0.3 is 29.6 Å². The van der Waals surface area contributed by atoms with Crippen molar-refractivity contribution in [2.75, 3.05) is 6.16 Å². The molecule has 1 aromatic rings. The summed E-state index contributed by atoms with van der Waals surface area (Å²) in [6, 6.07) is 5.85. The van der Waals surface area contributed by atoms with Crippen LogP contribution in [0.5, 0.6) is 0 Å². The summed E-state index contributed by atoms with van der Waals surface area (Å²) < 4.78 is 0. The number of hydrogen-bond acceptors (Lipinski definition) is 3. The number of nitrogens with one attached hydrogen (secondary N) is 1. The van der Waals surface area contributed by atoms with Crippen molar-refractivity contribution in [3.63, 3.8) is 0 Å². The minimum Gasteiger partial charge on any atom is -0.846 e. The molecule has 1 aliphatic rings. The summed E-state index contributed by atoms with van der Waals surface area (Å²) in [7, 11) is 1.01. The summed E-state index contributed by atoms with van der Waals surface area (Å²) in [6.45, 7) is 12.4. The fourth-order valence-electron chi connectivity index (χ4n) is 4.02. The van der Waals surface area contributed by atoms with Crippen LogP contribution in [0.25, 0.3) is 0 Å². The van der Waals surface area contributed by atoms with Crippen LogP contribution in [0, 0.1) is 25.2 Å². The van der Waals surface area contributed by atoms with Gasteiger partial charge in [0.15, 0.2) is 0 Å². The van der Waals surface area contributed by atoms with Gasteiger partial charge in [0.1, 0.15) is 5.41 Å². The van der Waals surface area contributed by atoms with Crippen LogP contribution in [-0.4, -0.2) is 24.0 Å². The molecule has 0 spiro atoms. The van der Waals surface area contributed by atoms with Crippen LogP contribution in [0.2, 0.25) is 0 Å². The van der Waals surface area contributed by atoms with Gasteiger partial charge in [0, 0.05) is 0 Å². The molecule has 0 bridgehead atoms. The molecule has 3 unspecified atom stereocenters. The molecule has 1 N–H and O–H groups in total. The molecule has 0 aromatic heterocycles. The van der Waals surface area contributed by atoms with E-state index in [9.17, 15) is 14.7 Å². The van der Waals surface area contributed by atoms with Crippen LogP contribution >= 0.6 is 8.58 Å². The van der Waals surface area contributed by atoms with E-state index in [-0.39, 0.29) is 35.5 Å². The van der Waals surface area contributed by atoms with Crippen molar-refractivity contribution >= 4 is 31.7 Å². The molecule has 3 atom stereocenters. The van der Waals surface area contributed by atoms with Crippen molar-refractivity contribution in [1.82, 2.24) is 5.32 Å². The number of carbonyl (C=O) groups excluding carboxylic acids is 2. The van der Waals surface area contributed by atoms with Crippen molar-refractivity contribution in [1.29, 1.82) is 0 Å². The Kier molecular flexibility index (Phi) is 15.6. The third kappa shape index (κ3) is 8.56. The molecule has 5 nitrogen and oxygen atoms in total. The van der Waals surface area contributed by atoms with Gasteiger partial charge in [0.25, 0.3) is 5.91 Å². The van der Waals surface area contributed by atoms with E-state index < -0.39 is 23.3 Å². The van der Waals surface area contributed by atoms with Crippen molar-refractivity contribution in [2.24, 2.45) is 16.3 Å². The number of benzene rings is 1. The molecule has 1 aromatic carbocycles. The maximum absolute atomic E-state index is 11.9. The predicted octanol–water partition coefficient (Wildman–Crippen LogP) is 1.38. The molecule has 174 valence electrons.